The molecular weight excluding hydrogens is 484 g/mol. The Labute approximate surface area is 225 Å². The lowest BCUT2D eigenvalue weighted by Gasteiger charge is -2.34. The Morgan fingerprint density at radius 1 is 0.919 bits per heavy atom. The second kappa shape index (κ2) is 12.3. The Balaban J connectivity index is 1.94. The number of carbonyl (C=O) groups is 2. The molecule has 5 nitrogen and oxygen atoms in total. The lowest BCUT2D eigenvalue weighted by atomic mass is 10.0. The summed E-state index contributed by atoms with van der Waals surface area (Å²) in [5.74, 6) is 0.106. The summed E-state index contributed by atoms with van der Waals surface area (Å²) < 4.78 is 5.93. The van der Waals surface area contributed by atoms with Crippen molar-refractivity contribution in [1.29, 1.82) is 0 Å². The van der Waals surface area contributed by atoms with Crippen LogP contribution in [0.25, 0.3) is 0 Å². The van der Waals surface area contributed by atoms with Crippen molar-refractivity contribution in [2.75, 3.05) is 6.61 Å². The molecule has 0 unspecified atom stereocenters. The quantitative estimate of drug-likeness (QED) is 0.365. The number of aryl methyl sites for hydroxylation is 3. The van der Waals surface area contributed by atoms with Crippen LogP contribution in [0.5, 0.6) is 5.75 Å². The van der Waals surface area contributed by atoms with Crippen molar-refractivity contribution >= 4 is 23.4 Å². The Kier molecular flexibility index (Phi) is 9.39. The van der Waals surface area contributed by atoms with Gasteiger partial charge >= 0.3 is 0 Å². The van der Waals surface area contributed by atoms with Crippen molar-refractivity contribution in [3.05, 3.63) is 99.6 Å². The highest BCUT2D eigenvalue weighted by atomic mass is 35.5. The lowest BCUT2D eigenvalue weighted by Crippen LogP contribution is -2.55. The zero-order chi connectivity index (χ0) is 27.2. The van der Waals surface area contributed by atoms with Gasteiger partial charge in [-0.2, -0.15) is 0 Å². The van der Waals surface area contributed by atoms with Gasteiger partial charge in [0.05, 0.1) is 0 Å². The summed E-state index contributed by atoms with van der Waals surface area (Å²) in [6.45, 7) is 11.7. The molecule has 0 fully saturated rings. The van der Waals surface area contributed by atoms with E-state index in [0.717, 1.165) is 27.8 Å². The first kappa shape index (κ1) is 28.3. The van der Waals surface area contributed by atoms with Gasteiger partial charge < -0.3 is 15.0 Å². The molecule has 0 radical (unpaired) electrons. The number of hydrogen-bond donors (Lipinski definition) is 1. The Morgan fingerprint density at radius 2 is 1.54 bits per heavy atom. The summed E-state index contributed by atoms with van der Waals surface area (Å²) in [6, 6.07) is 20.7. The van der Waals surface area contributed by atoms with Gasteiger partial charge in [0.25, 0.3) is 5.91 Å². The van der Waals surface area contributed by atoms with Crippen LogP contribution in [-0.2, 0) is 22.6 Å². The molecule has 0 saturated carbocycles. The van der Waals surface area contributed by atoms with Crippen molar-refractivity contribution in [2.24, 2.45) is 0 Å². The van der Waals surface area contributed by atoms with Crippen LogP contribution in [-0.4, -0.2) is 34.9 Å². The van der Waals surface area contributed by atoms with Gasteiger partial charge in [-0.3, -0.25) is 9.59 Å². The van der Waals surface area contributed by atoms with Crippen LogP contribution in [0.4, 0.5) is 0 Å². The average Bonchev–Trinajstić information content (AvgIpc) is 2.82. The normalized spacial score (nSPS) is 12.1. The summed E-state index contributed by atoms with van der Waals surface area (Å²) in [5, 5.41) is 3.76. The molecule has 2 amide bonds. The molecule has 0 aliphatic carbocycles. The van der Waals surface area contributed by atoms with E-state index in [1.165, 1.54) is 0 Å². The lowest BCUT2D eigenvalue weighted by molar-refractivity contribution is -0.143. The zero-order valence-electron chi connectivity index (χ0n) is 22.6. The second-order valence-corrected chi connectivity index (χ2v) is 11.0. The van der Waals surface area contributed by atoms with E-state index in [1.807, 2.05) is 108 Å². The maximum absolute atomic E-state index is 13.7. The monoisotopic (exact) mass is 520 g/mol. The van der Waals surface area contributed by atoms with Crippen LogP contribution in [0.2, 0.25) is 5.02 Å². The maximum Gasteiger partial charge on any atom is 0.261 e. The molecule has 3 aromatic carbocycles. The third-order valence-corrected chi connectivity index (χ3v) is 6.57. The number of benzene rings is 3. The Hall–Kier alpha value is -3.31. The van der Waals surface area contributed by atoms with Gasteiger partial charge in [-0.05, 0) is 75.9 Å². The van der Waals surface area contributed by atoms with E-state index in [9.17, 15) is 9.59 Å². The molecule has 0 saturated heterocycles. The number of ether oxygens (including phenoxy) is 1. The molecule has 3 rings (SSSR count). The van der Waals surface area contributed by atoms with E-state index in [1.54, 1.807) is 4.90 Å². The van der Waals surface area contributed by atoms with Crippen LogP contribution in [0.15, 0.2) is 66.7 Å². The number of rotatable bonds is 9. The molecule has 1 N–H and O–H groups in total. The van der Waals surface area contributed by atoms with Crippen molar-refractivity contribution in [3.63, 3.8) is 0 Å². The first-order chi connectivity index (χ1) is 17.4. The van der Waals surface area contributed by atoms with Crippen LogP contribution in [0.1, 0.15) is 48.6 Å². The van der Waals surface area contributed by atoms with E-state index in [0.29, 0.717) is 17.2 Å². The number of nitrogens with zero attached hydrogens (tertiary/aromatic N) is 1. The predicted molar refractivity (Wildman–Crippen MR) is 150 cm³/mol. The number of nitrogens with one attached hydrogen (secondary N) is 1. The summed E-state index contributed by atoms with van der Waals surface area (Å²) >= 11 is 6.30. The maximum atomic E-state index is 13.7. The predicted octanol–water partition coefficient (Wildman–Crippen LogP) is 6.20. The summed E-state index contributed by atoms with van der Waals surface area (Å²) in [4.78, 5) is 29.0. The van der Waals surface area contributed by atoms with Crippen molar-refractivity contribution in [1.82, 2.24) is 10.2 Å². The smallest absolute Gasteiger partial charge is 0.261 e. The van der Waals surface area contributed by atoms with Crippen molar-refractivity contribution in [2.45, 2.75) is 66.1 Å². The third-order valence-electron chi connectivity index (χ3n) is 5.98. The molecular formula is C31H37ClN2O3. The third kappa shape index (κ3) is 8.36. The fraction of sp³-hybridized carbons (Fsp3) is 0.355. The van der Waals surface area contributed by atoms with Crippen LogP contribution in [0.3, 0.4) is 0 Å². The largest absolute Gasteiger partial charge is 0.484 e. The molecule has 0 aliphatic rings. The van der Waals surface area contributed by atoms with Gasteiger partial charge in [-0.25, -0.2) is 0 Å². The summed E-state index contributed by atoms with van der Waals surface area (Å²) in [5.41, 5.74) is 4.34. The van der Waals surface area contributed by atoms with E-state index in [-0.39, 0.29) is 25.0 Å². The molecule has 37 heavy (non-hydrogen) atoms. The zero-order valence-corrected chi connectivity index (χ0v) is 23.4. The topological polar surface area (TPSA) is 58.6 Å². The van der Waals surface area contributed by atoms with Gasteiger partial charge in [-0.1, -0.05) is 71.8 Å². The minimum absolute atomic E-state index is 0.194. The number of hydrogen-bond acceptors (Lipinski definition) is 3. The minimum Gasteiger partial charge on any atom is -0.484 e. The molecule has 0 bridgehead atoms. The van der Waals surface area contributed by atoms with Crippen LogP contribution < -0.4 is 10.1 Å². The Bertz CT molecular complexity index is 1210. The van der Waals surface area contributed by atoms with Crippen LogP contribution in [0, 0.1) is 20.8 Å². The highest BCUT2D eigenvalue weighted by molar-refractivity contribution is 6.32. The second-order valence-electron chi connectivity index (χ2n) is 10.6. The van der Waals surface area contributed by atoms with Gasteiger partial charge in [0.15, 0.2) is 6.61 Å². The van der Waals surface area contributed by atoms with Gasteiger partial charge in [0, 0.05) is 23.5 Å². The number of halogens is 1. The molecule has 0 heterocycles. The fourth-order valence-electron chi connectivity index (χ4n) is 4.23. The van der Waals surface area contributed by atoms with Crippen LogP contribution >= 0.6 is 11.6 Å². The van der Waals surface area contributed by atoms with Crippen molar-refractivity contribution in [3.8, 4) is 5.75 Å². The van der Waals surface area contributed by atoms with Gasteiger partial charge in [0.1, 0.15) is 11.8 Å². The minimum atomic E-state index is -0.716. The first-order valence-electron chi connectivity index (χ1n) is 12.5. The van der Waals surface area contributed by atoms with E-state index >= 15 is 0 Å². The first-order valence-corrected chi connectivity index (χ1v) is 12.9. The van der Waals surface area contributed by atoms with Gasteiger partial charge in [0.2, 0.25) is 5.91 Å². The SMILES string of the molecule is Cc1cccc(CN(C(=O)COc2cc(C)c(Cl)c(C)c2)[C@@H](Cc2ccccc2)C(=O)NC(C)(C)C)c1. The fourth-order valence-corrected chi connectivity index (χ4v) is 4.34. The molecule has 3 aromatic rings. The average molecular weight is 521 g/mol. The molecule has 0 aliphatic heterocycles. The molecule has 1 atom stereocenters. The van der Waals surface area contributed by atoms with E-state index in [4.69, 9.17) is 16.3 Å². The number of amides is 2. The molecule has 0 spiro atoms. The molecule has 6 heteroatoms. The molecule has 196 valence electrons. The summed E-state index contributed by atoms with van der Waals surface area (Å²) in [7, 11) is 0. The van der Waals surface area contributed by atoms with Gasteiger partial charge in [-0.15, -0.1) is 0 Å². The van der Waals surface area contributed by atoms with Crippen molar-refractivity contribution < 1.29 is 14.3 Å². The van der Waals surface area contributed by atoms with E-state index < -0.39 is 11.6 Å². The summed E-state index contributed by atoms with van der Waals surface area (Å²) in [6.07, 6.45) is 0.388. The number of carbonyl (C=O) groups excluding carboxylic acids is 2. The van der Waals surface area contributed by atoms with E-state index in [2.05, 4.69) is 5.32 Å². The standard InChI is InChI=1S/C31H37ClN2O3/c1-21-11-10-14-25(15-21)19-34(28(35)20-37-26-16-22(2)29(32)23(3)17-26)27(30(36)33-31(4,5)6)18-24-12-8-7-9-13-24/h7-17,27H,18-20H2,1-6H3,(H,33,36)/t27-/m0/s1. The highest BCUT2D eigenvalue weighted by Crippen LogP contribution is 2.26. The molecule has 0 aromatic heterocycles. The highest BCUT2D eigenvalue weighted by Gasteiger charge is 2.32. The Morgan fingerprint density at radius 3 is 2.14 bits per heavy atom.